The Balaban J connectivity index is 2.01. The van der Waals surface area contributed by atoms with Gasteiger partial charge in [-0.05, 0) is 44.3 Å². The zero-order valence-electron chi connectivity index (χ0n) is 12.8. The maximum absolute atomic E-state index is 12.5. The zero-order valence-corrected chi connectivity index (χ0v) is 12.8. The van der Waals surface area contributed by atoms with Gasteiger partial charge in [0.1, 0.15) is 11.8 Å². The molecule has 1 aromatic carbocycles. The van der Waals surface area contributed by atoms with Crippen LogP contribution in [0.3, 0.4) is 0 Å². The van der Waals surface area contributed by atoms with Crippen molar-refractivity contribution in [2.24, 2.45) is 0 Å². The zero-order chi connectivity index (χ0) is 15.2. The van der Waals surface area contributed by atoms with Gasteiger partial charge in [0.2, 0.25) is 5.91 Å². The molecule has 2 aromatic rings. The number of benzene rings is 1. The molecule has 1 N–H and O–H groups in total. The standard InChI is InChI=1S/C17H22N2O2/c1-13-7-4-5-9-15(13)16(19(2)3)17(20)18-11-10-14-8-6-12-21-14/h4-9,12,16H,10-11H2,1-3H3,(H,18,20)/t16-/m1/s1. The second-order valence-corrected chi connectivity index (χ2v) is 5.34. The molecule has 2 rings (SSSR count). The van der Waals surface area contributed by atoms with Crippen molar-refractivity contribution >= 4 is 5.91 Å². The van der Waals surface area contributed by atoms with Crippen LogP contribution < -0.4 is 5.32 Å². The molecule has 0 radical (unpaired) electrons. The van der Waals surface area contributed by atoms with Crippen LogP contribution in [0.25, 0.3) is 0 Å². The average Bonchev–Trinajstić information content (AvgIpc) is 2.94. The molecule has 0 bridgehead atoms. The summed E-state index contributed by atoms with van der Waals surface area (Å²) in [5.74, 6) is 0.897. The normalized spacial score (nSPS) is 12.4. The Bertz CT molecular complexity index is 576. The van der Waals surface area contributed by atoms with Gasteiger partial charge < -0.3 is 9.73 Å². The van der Waals surface area contributed by atoms with Crippen molar-refractivity contribution in [3.63, 3.8) is 0 Å². The lowest BCUT2D eigenvalue weighted by molar-refractivity contribution is -0.125. The molecule has 1 amide bonds. The van der Waals surface area contributed by atoms with E-state index in [1.54, 1.807) is 6.26 Å². The molecule has 0 spiro atoms. The summed E-state index contributed by atoms with van der Waals surface area (Å²) in [6.07, 6.45) is 2.35. The third kappa shape index (κ3) is 3.95. The lowest BCUT2D eigenvalue weighted by atomic mass is 10.00. The number of nitrogens with one attached hydrogen (secondary N) is 1. The van der Waals surface area contributed by atoms with Gasteiger partial charge in [0.25, 0.3) is 0 Å². The minimum atomic E-state index is -0.275. The highest BCUT2D eigenvalue weighted by Gasteiger charge is 2.23. The Kier molecular flexibility index (Phi) is 5.17. The number of carbonyl (C=O) groups is 1. The van der Waals surface area contributed by atoms with Gasteiger partial charge in [-0.1, -0.05) is 24.3 Å². The van der Waals surface area contributed by atoms with E-state index in [2.05, 4.69) is 5.32 Å². The van der Waals surface area contributed by atoms with Crippen molar-refractivity contribution in [3.8, 4) is 0 Å². The van der Waals surface area contributed by atoms with Crippen molar-refractivity contribution in [3.05, 3.63) is 59.5 Å². The van der Waals surface area contributed by atoms with E-state index in [9.17, 15) is 4.79 Å². The van der Waals surface area contributed by atoms with E-state index in [1.807, 2.05) is 62.3 Å². The van der Waals surface area contributed by atoms with E-state index in [0.29, 0.717) is 13.0 Å². The molecular weight excluding hydrogens is 264 g/mol. The fourth-order valence-electron chi connectivity index (χ4n) is 2.41. The Morgan fingerprint density at radius 3 is 2.62 bits per heavy atom. The van der Waals surface area contributed by atoms with Crippen LogP contribution in [0, 0.1) is 6.92 Å². The SMILES string of the molecule is Cc1ccccc1[C@H](C(=O)NCCc1ccco1)N(C)C. The van der Waals surface area contributed by atoms with E-state index in [1.165, 1.54) is 0 Å². The molecule has 0 aliphatic carbocycles. The van der Waals surface area contributed by atoms with Crippen LogP contribution in [0.1, 0.15) is 22.9 Å². The largest absolute Gasteiger partial charge is 0.469 e. The third-order valence-corrected chi connectivity index (χ3v) is 3.50. The molecule has 0 aliphatic rings. The predicted octanol–water partition coefficient (Wildman–Crippen LogP) is 2.55. The molecule has 21 heavy (non-hydrogen) atoms. The quantitative estimate of drug-likeness (QED) is 0.887. The van der Waals surface area contributed by atoms with Crippen molar-refractivity contribution in [2.45, 2.75) is 19.4 Å². The van der Waals surface area contributed by atoms with Gasteiger partial charge in [0, 0.05) is 13.0 Å². The number of rotatable bonds is 6. The van der Waals surface area contributed by atoms with Gasteiger partial charge in [-0.15, -0.1) is 0 Å². The maximum atomic E-state index is 12.5. The number of amides is 1. The summed E-state index contributed by atoms with van der Waals surface area (Å²) >= 11 is 0. The lowest BCUT2D eigenvalue weighted by Crippen LogP contribution is -2.38. The van der Waals surface area contributed by atoms with Crippen molar-refractivity contribution in [2.75, 3.05) is 20.6 Å². The Labute approximate surface area is 125 Å². The third-order valence-electron chi connectivity index (χ3n) is 3.50. The van der Waals surface area contributed by atoms with E-state index in [-0.39, 0.29) is 11.9 Å². The predicted molar refractivity (Wildman–Crippen MR) is 83.0 cm³/mol. The van der Waals surface area contributed by atoms with E-state index >= 15 is 0 Å². The summed E-state index contributed by atoms with van der Waals surface area (Å²) in [4.78, 5) is 14.4. The van der Waals surface area contributed by atoms with Crippen molar-refractivity contribution in [1.82, 2.24) is 10.2 Å². The lowest BCUT2D eigenvalue weighted by Gasteiger charge is -2.25. The minimum absolute atomic E-state index is 0.0147. The van der Waals surface area contributed by atoms with Crippen LogP contribution in [0.4, 0.5) is 0 Å². The van der Waals surface area contributed by atoms with Crippen LogP contribution in [-0.2, 0) is 11.2 Å². The molecule has 0 saturated carbocycles. The van der Waals surface area contributed by atoms with E-state index in [4.69, 9.17) is 4.42 Å². The molecule has 4 heteroatoms. The Hall–Kier alpha value is -2.07. The highest BCUT2D eigenvalue weighted by molar-refractivity contribution is 5.83. The smallest absolute Gasteiger partial charge is 0.241 e. The van der Waals surface area contributed by atoms with E-state index < -0.39 is 0 Å². The van der Waals surface area contributed by atoms with Crippen LogP contribution >= 0.6 is 0 Å². The second-order valence-electron chi connectivity index (χ2n) is 5.34. The van der Waals surface area contributed by atoms with Crippen LogP contribution in [0.5, 0.6) is 0 Å². The fraction of sp³-hybridized carbons (Fsp3) is 0.353. The number of nitrogens with zero attached hydrogens (tertiary/aromatic N) is 1. The van der Waals surface area contributed by atoms with Crippen LogP contribution in [-0.4, -0.2) is 31.4 Å². The first-order chi connectivity index (χ1) is 10.1. The Morgan fingerprint density at radius 1 is 1.24 bits per heavy atom. The Morgan fingerprint density at radius 2 is 2.00 bits per heavy atom. The summed E-state index contributed by atoms with van der Waals surface area (Å²) in [7, 11) is 3.84. The molecule has 4 nitrogen and oxygen atoms in total. The van der Waals surface area contributed by atoms with Crippen molar-refractivity contribution < 1.29 is 9.21 Å². The molecule has 0 fully saturated rings. The number of aryl methyl sites for hydroxylation is 1. The first-order valence-electron chi connectivity index (χ1n) is 7.11. The summed E-state index contributed by atoms with van der Waals surface area (Å²) in [6.45, 7) is 2.60. The topological polar surface area (TPSA) is 45.5 Å². The molecule has 1 aromatic heterocycles. The second kappa shape index (κ2) is 7.09. The van der Waals surface area contributed by atoms with Gasteiger partial charge in [0.05, 0.1) is 6.26 Å². The summed E-state index contributed by atoms with van der Waals surface area (Å²) in [5, 5.41) is 2.99. The number of carbonyl (C=O) groups excluding carboxylic acids is 1. The van der Waals surface area contributed by atoms with Crippen LogP contribution in [0.2, 0.25) is 0 Å². The molecule has 0 aliphatic heterocycles. The molecule has 0 saturated heterocycles. The highest BCUT2D eigenvalue weighted by Crippen LogP contribution is 2.21. The van der Waals surface area contributed by atoms with Gasteiger partial charge in [-0.2, -0.15) is 0 Å². The molecule has 1 heterocycles. The van der Waals surface area contributed by atoms with Gasteiger partial charge >= 0.3 is 0 Å². The first kappa shape index (κ1) is 15.3. The van der Waals surface area contributed by atoms with Crippen LogP contribution in [0.15, 0.2) is 47.1 Å². The fourth-order valence-corrected chi connectivity index (χ4v) is 2.41. The average molecular weight is 286 g/mol. The summed E-state index contributed by atoms with van der Waals surface area (Å²) in [6, 6.07) is 11.5. The molecule has 0 unspecified atom stereocenters. The van der Waals surface area contributed by atoms with Gasteiger partial charge in [-0.25, -0.2) is 0 Å². The van der Waals surface area contributed by atoms with Crippen molar-refractivity contribution in [1.29, 1.82) is 0 Å². The number of hydrogen-bond donors (Lipinski definition) is 1. The number of likely N-dealkylation sites (N-methyl/N-ethyl adjacent to an activating group) is 1. The number of furan rings is 1. The summed E-state index contributed by atoms with van der Waals surface area (Å²) in [5.41, 5.74) is 2.16. The minimum Gasteiger partial charge on any atom is -0.469 e. The molecule has 112 valence electrons. The first-order valence-corrected chi connectivity index (χ1v) is 7.11. The number of hydrogen-bond acceptors (Lipinski definition) is 3. The van der Waals surface area contributed by atoms with Gasteiger partial charge in [-0.3, -0.25) is 9.69 Å². The highest BCUT2D eigenvalue weighted by atomic mass is 16.3. The molecule has 1 atom stereocenters. The monoisotopic (exact) mass is 286 g/mol. The van der Waals surface area contributed by atoms with E-state index in [0.717, 1.165) is 16.9 Å². The maximum Gasteiger partial charge on any atom is 0.241 e. The van der Waals surface area contributed by atoms with Gasteiger partial charge in [0.15, 0.2) is 0 Å². The molecular formula is C17H22N2O2. The summed E-state index contributed by atoms with van der Waals surface area (Å²) < 4.78 is 5.27.